The normalized spacial score (nSPS) is 11.5. The second-order valence-corrected chi connectivity index (χ2v) is 10.0. The van der Waals surface area contributed by atoms with E-state index >= 15 is 0 Å². The maximum atomic E-state index is 13.3. The van der Waals surface area contributed by atoms with E-state index in [1.54, 1.807) is 24.3 Å². The van der Waals surface area contributed by atoms with Gasteiger partial charge >= 0.3 is 10.2 Å². The highest BCUT2D eigenvalue weighted by molar-refractivity contribution is 7.86. The molecule has 0 aliphatic rings. The van der Waals surface area contributed by atoms with Gasteiger partial charge in [-0.3, -0.25) is 0 Å². The number of anilines is 2. The van der Waals surface area contributed by atoms with Gasteiger partial charge in [-0.1, -0.05) is 41.4 Å². The summed E-state index contributed by atoms with van der Waals surface area (Å²) in [6.45, 7) is 0.393. The number of hydrogen-bond acceptors (Lipinski definition) is 6. The van der Waals surface area contributed by atoms with Crippen LogP contribution in [-0.2, 0) is 29.6 Å². The fourth-order valence-corrected chi connectivity index (χ4v) is 4.55. The molecule has 0 aliphatic heterocycles. The van der Waals surface area contributed by atoms with Crippen molar-refractivity contribution in [3.05, 3.63) is 93.9 Å². The Hall–Kier alpha value is -3.27. The number of hydrogen-bond donors (Lipinski definition) is 2. The lowest BCUT2D eigenvalue weighted by atomic mass is 10.00. The third-order valence-corrected chi connectivity index (χ3v) is 6.95. The molecule has 4 aromatic rings. The quantitative estimate of drug-likeness (QED) is 0.269. The molecule has 2 aromatic carbocycles. The molecule has 0 aliphatic carbocycles. The van der Waals surface area contributed by atoms with Crippen molar-refractivity contribution in [1.29, 1.82) is 0 Å². The van der Waals surface area contributed by atoms with Crippen LogP contribution in [0.15, 0.2) is 71.9 Å². The Labute approximate surface area is 212 Å². The van der Waals surface area contributed by atoms with Crippen LogP contribution < -0.4 is 16.0 Å². The second kappa shape index (κ2) is 10.2. The van der Waals surface area contributed by atoms with Crippen LogP contribution in [0.4, 0.5) is 15.7 Å². The summed E-state index contributed by atoms with van der Waals surface area (Å²) in [5.74, 6) is 0.346. The number of pyridine rings is 1. The van der Waals surface area contributed by atoms with E-state index in [1.807, 2.05) is 29.1 Å². The van der Waals surface area contributed by atoms with Crippen molar-refractivity contribution in [2.75, 3.05) is 11.5 Å². The molecule has 0 unspecified atom stereocenters. The molecule has 180 valence electrons. The van der Waals surface area contributed by atoms with E-state index in [9.17, 15) is 12.3 Å². The van der Waals surface area contributed by atoms with Gasteiger partial charge in [-0.25, -0.2) is 9.55 Å². The van der Waals surface area contributed by atoms with Gasteiger partial charge in [0.1, 0.15) is 5.82 Å². The number of benzene rings is 2. The molecule has 35 heavy (non-hydrogen) atoms. The number of halogens is 3. The van der Waals surface area contributed by atoms with E-state index < -0.39 is 10.2 Å². The summed E-state index contributed by atoms with van der Waals surface area (Å²) >= 11 is 12.2. The van der Waals surface area contributed by atoms with Gasteiger partial charge < -0.3 is 11.5 Å². The average molecular weight is 533 g/mol. The topological polar surface area (TPSA) is 116 Å². The van der Waals surface area contributed by atoms with Gasteiger partial charge in [-0.15, -0.1) is 3.89 Å². The zero-order valence-corrected chi connectivity index (χ0v) is 20.7. The van der Waals surface area contributed by atoms with Crippen LogP contribution in [0, 0.1) is 0 Å². The van der Waals surface area contributed by atoms with Gasteiger partial charge in [-0.05, 0) is 48.2 Å². The molecule has 7 nitrogen and oxygen atoms in total. The minimum Gasteiger partial charge on any atom is -0.383 e. The van der Waals surface area contributed by atoms with Crippen LogP contribution in [0.5, 0.6) is 0 Å². The van der Waals surface area contributed by atoms with Crippen LogP contribution in [0.25, 0.3) is 11.1 Å². The van der Waals surface area contributed by atoms with Crippen molar-refractivity contribution < 1.29 is 16.9 Å². The largest absolute Gasteiger partial charge is 0.383 e. The van der Waals surface area contributed by atoms with Crippen LogP contribution in [0.3, 0.4) is 0 Å². The Bertz CT molecular complexity index is 1500. The summed E-state index contributed by atoms with van der Waals surface area (Å²) in [5.41, 5.74) is 15.8. The van der Waals surface area contributed by atoms with Gasteiger partial charge in [0, 0.05) is 23.3 Å². The lowest BCUT2D eigenvalue weighted by Gasteiger charge is -2.13. The van der Waals surface area contributed by atoms with E-state index in [4.69, 9.17) is 34.7 Å². The predicted octanol–water partition coefficient (Wildman–Crippen LogP) is 4.39. The van der Waals surface area contributed by atoms with Crippen LogP contribution in [0.2, 0.25) is 10.0 Å². The van der Waals surface area contributed by atoms with Gasteiger partial charge in [0.15, 0.2) is 18.9 Å². The lowest BCUT2D eigenvalue weighted by molar-refractivity contribution is -0.688. The number of nitrogens with zero attached hydrogens (tertiary/aromatic N) is 3. The molecule has 11 heteroatoms. The molecule has 4 N–H and O–H groups in total. The molecular weight excluding hydrogens is 512 g/mol. The molecule has 0 saturated heterocycles. The van der Waals surface area contributed by atoms with Crippen LogP contribution in [0.1, 0.15) is 16.8 Å². The molecule has 0 fully saturated rings. The lowest BCUT2D eigenvalue weighted by Crippen LogP contribution is -2.33. The fraction of sp³-hybridized carbons (Fsp3) is 0.125. The highest BCUT2D eigenvalue weighted by Gasteiger charge is 2.16. The summed E-state index contributed by atoms with van der Waals surface area (Å²) in [4.78, 5) is 8.15. The first-order chi connectivity index (χ1) is 16.6. The number of aryl methyl sites for hydroxylation is 2. The van der Waals surface area contributed by atoms with Crippen molar-refractivity contribution in [1.82, 2.24) is 9.97 Å². The highest BCUT2D eigenvalue weighted by atomic mass is 35.5. The molecule has 2 aromatic heterocycles. The third kappa shape index (κ3) is 6.05. The maximum Gasteiger partial charge on any atom is 0.332 e. The van der Waals surface area contributed by atoms with Gasteiger partial charge in [0.2, 0.25) is 5.95 Å². The maximum absolute atomic E-state index is 13.3. The van der Waals surface area contributed by atoms with Crippen molar-refractivity contribution in [3.8, 4) is 11.1 Å². The Morgan fingerprint density at radius 3 is 2.31 bits per heavy atom. The van der Waals surface area contributed by atoms with Crippen LogP contribution >= 0.6 is 23.2 Å². The van der Waals surface area contributed by atoms with Crippen molar-refractivity contribution in [3.63, 3.8) is 0 Å². The van der Waals surface area contributed by atoms with E-state index in [-0.39, 0.29) is 16.7 Å². The summed E-state index contributed by atoms with van der Waals surface area (Å²) < 4.78 is 37.4. The zero-order valence-electron chi connectivity index (χ0n) is 18.3. The van der Waals surface area contributed by atoms with E-state index in [0.717, 1.165) is 11.1 Å². The van der Waals surface area contributed by atoms with Crippen molar-refractivity contribution >= 4 is 45.2 Å². The summed E-state index contributed by atoms with van der Waals surface area (Å²) in [7, 11) is -4.74. The SMILES string of the molecule is Nc1nc(N)c(-c2ccc(Cl)c(Cl)c2)c(CCc2cc[n+](Cc3cccc(S(=O)(=O)F)c3)cc2)n1. The minimum atomic E-state index is -4.74. The highest BCUT2D eigenvalue weighted by Crippen LogP contribution is 2.33. The number of rotatable bonds is 7. The average Bonchev–Trinajstić information content (AvgIpc) is 2.80. The molecule has 0 bridgehead atoms. The fourth-order valence-electron chi connectivity index (χ4n) is 3.72. The Balaban J connectivity index is 1.51. The zero-order chi connectivity index (χ0) is 25.2. The van der Waals surface area contributed by atoms with Crippen LogP contribution in [-0.4, -0.2) is 18.4 Å². The molecule has 0 amide bonds. The first-order valence-corrected chi connectivity index (χ1v) is 12.6. The number of aromatic nitrogens is 3. The van der Waals surface area contributed by atoms with Gasteiger partial charge in [-0.2, -0.15) is 13.4 Å². The second-order valence-electron chi connectivity index (χ2n) is 7.88. The Morgan fingerprint density at radius 1 is 0.886 bits per heavy atom. The van der Waals surface area contributed by atoms with Crippen molar-refractivity contribution in [2.45, 2.75) is 24.3 Å². The summed E-state index contributed by atoms with van der Waals surface area (Å²) in [5, 5.41) is 0.830. The first kappa shape index (κ1) is 24.8. The third-order valence-electron chi connectivity index (χ3n) is 5.39. The number of nitrogens with two attached hydrogens (primary N) is 2. The Morgan fingerprint density at radius 2 is 1.63 bits per heavy atom. The smallest absolute Gasteiger partial charge is 0.332 e. The minimum absolute atomic E-state index is 0.0877. The number of nitrogen functional groups attached to an aromatic ring is 2. The summed E-state index contributed by atoms with van der Waals surface area (Å²) in [6.07, 6.45) is 4.94. The van der Waals surface area contributed by atoms with Gasteiger partial charge in [0.05, 0.1) is 20.6 Å². The molecule has 0 atom stereocenters. The molecule has 0 radical (unpaired) electrons. The Kier molecular flexibility index (Phi) is 7.20. The predicted molar refractivity (Wildman–Crippen MR) is 134 cm³/mol. The molecule has 0 spiro atoms. The molecule has 0 saturated carbocycles. The van der Waals surface area contributed by atoms with E-state index in [1.165, 1.54) is 18.2 Å². The van der Waals surface area contributed by atoms with Gasteiger partial charge in [0.25, 0.3) is 0 Å². The molecular formula is C24H21Cl2FN5O2S+. The monoisotopic (exact) mass is 532 g/mol. The summed E-state index contributed by atoms with van der Waals surface area (Å²) in [6, 6.07) is 14.9. The standard InChI is InChI=1S/C24H21Cl2FN5O2S/c25-19-6-5-17(13-20(19)26)22-21(30-24(29)31-23(22)28)7-4-15-8-10-32(11-9-15)14-16-2-1-3-18(12-16)35(27,33)34/h1-3,5-6,8-13H,4,7,14H2,(H4,28,29,30,31)/q+1. The van der Waals surface area contributed by atoms with E-state index in [0.29, 0.717) is 46.3 Å². The molecule has 4 rings (SSSR count). The van der Waals surface area contributed by atoms with Crippen molar-refractivity contribution in [2.24, 2.45) is 0 Å². The van der Waals surface area contributed by atoms with E-state index in [2.05, 4.69) is 9.97 Å². The first-order valence-electron chi connectivity index (χ1n) is 10.5. The molecule has 2 heterocycles.